The molecule has 0 aromatic carbocycles. The van der Waals surface area contributed by atoms with Crippen LogP contribution in [-0.2, 0) is 0 Å². The third kappa shape index (κ3) is 3.37. The fourth-order valence-electron chi connectivity index (χ4n) is 5.06. The van der Waals surface area contributed by atoms with Gasteiger partial charge in [0, 0.05) is 0 Å². The van der Waals surface area contributed by atoms with Gasteiger partial charge in [-0.15, -0.1) is 0 Å². The largest absolute Gasteiger partial charge is 0.0654 e. The van der Waals surface area contributed by atoms with Gasteiger partial charge >= 0.3 is 0 Å². The lowest BCUT2D eigenvalue weighted by atomic mass is 9.64. The molecule has 3 atom stereocenters. The maximum Gasteiger partial charge on any atom is -0.0215 e. The summed E-state index contributed by atoms with van der Waals surface area (Å²) in [7, 11) is 0. The molecule has 114 valence electrons. The van der Waals surface area contributed by atoms with E-state index in [-0.39, 0.29) is 0 Å². The predicted molar refractivity (Wildman–Crippen MR) is 87.4 cm³/mol. The molecule has 1 fully saturated rings. The Hall–Kier alpha value is 0. The van der Waals surface area contributed by atoms with Crippen molar-refractivity contribution in [3.63, 3.8) is 0 Å². The van der Waals surface area contributed by atoms with E-state index in [2.05, 4.69) is 55.4 Å². The lowest BCUT2D eigenvalue weighted by molar-refractivity contribution is 0.0883. The first-order valence-corrected chi connectivity index (χ1v) is 8.62. The number of hydrogen-bond donors (Lipinski definition) is 0. The fourth-order valence-corrected chi connectivity index (χ4v) is 5.06. The smallest absolute Gasteiger partial charge is 0.0215 e. The van der Waals surface area contributed by atoms with E-state index in [1.165, 1.54) is 38.5 Å². The van der Waals surface area contributed by atoms with Crippen molar-refractivity contribution in [1.29, 1.82) is 0 Å². The summed E-state index contributed by atoms with van der Waals surface area (Å²) in [6, 6.07) is 0. The second kappa shape index (κ2) is 5.78. The second-order valence-corrected chi connectivity index (χ2v) is 8.77. The minimum Gasteiger partial charge on any atom is -0.0654 e. The van der Waals surface area contributed by atoms with Gasteiger partial charge in [0.15, 0.2) is 0 Å². The van der Waals surface area contributed by atoms with Crippen molar-refractivity contribution in [1.82, 2.24) is 0 Å². The maximum absolute atomic E-state index is 2.55. The molecule has 0 saturated heterocycles. The first-order chi connectivity index (χ1) is 8.62. The van der Waals surface area contributed by atoms with Gasteiger partial charge in [-0.05, 0) is 40.9 Å². The van der Waals surface area contributed by atoms with Crippen LogP contribution in [-0.4, -0.2) is 0 Å². The van der Waals surface area contributed by atoms with Gasteiger partial charge in [0.2, 0.25) is 0 Å². The monoisotopic (exact) mass is 266 g/mol. The fraction of sp³-hybridized carbons (Fsp3) is 1.00. The summed E-state index contributed by atoms with van der Waals surface area (Å²) in [5.41, 5.74) is 1.55. The Morgan fingerprint density at radius 1 is 1.00 bits per heavy atom. The van der Waals surface area contributed by atoms with Crippen molar-refractivity contribution in [2.75, 3.05) is 0 Å². The van der Waals surface area contributed by atoms with Gasteiger partial charge in [-0.1, -0.05) is 81.1 Å². The van der Waals surface area contributed by atoms with Gasteiger partial charge in [0.05, 0.1) is 0 Å². The Balaban J connectivity index is 2.64. The zero-order chi connectivity index (χ0) is 14.9. The second-order valence-electron chi connectivity index (χ2n) is 8.77. The van der Waals surface area contributed by atoms with Crippen molar-refractivity contribution in [2.24, 2.45) is 28.1 Å². The normalized spacial score (nSPS) is 31.6. The van der Waals surface area contributed by atoms with Crippen LogP contribution in [0.2, 0.25) is 0 Å². The standard InChI is InChI=1S/C19H38/c1-9-11-12-13-17(4,5)14-18(6,7)19(8)15(3)16(19)10-2/h15-16H,9-14H2,1-8H3. The molecule has 19 heavy (non-hydrogen) atoms. The van der Waals surface area contributed by atoms with Crippen molar-refractivity contribution in [3.05, 3.63) is 0 Å². The van der Waals surface area contributed by atoms with Crippen LogP contribution in [0.3, 0.4) is 0 Å². The van der Waals surface area contributed by atoms with Crippen LogP contribution in [0, 0.1) is 28.1 Å². The minimum absolute atomic E-state index is 0.475. The lowest BCUT2D eigenvalue weighted by Crippen LogP contribution is -2.32. The molecule has 1 saturated carbocycles. The van der Waals surface area contributed by atoms with Crippen molar-refractivity contribution in [3.8, 4) is 0 Å². The van der Waals surface area contributed by atoms with Crippen molar-refractivity contribution in [2.45, 2.75) is 93.9 Å². The summed E-state index contributed by atoms with van der Waals surface area (Å²) in [5.74, 6) is 1.87. The van der Waals surface area contributed by atoms with E-state index in [0.29, 0.717) is 16.2 Å². The SMILES string of the molecule is CCCCCC(C)(C)CC(C)(C)C1(C)C(C)C1CC. The van der Waals surface area contributed by atoms with E-state index in [1.807, 2.05) is 0 Å². The molecule has 1 rings (SSSR count). The van der Waals surface area contributed by atoms with Crippen LogP contribution >= 0.6 is 0 Å². The Labute approximate surface area is 122 Å². The van der Waals surface area contributed by atoms with Gasteiger partial charge in [-0.25, -0.2) is 0 Å². The van der Waals surface area contributed by atoms with Crippen LogP contribution in [0.25, 0.3) is 0 Å². The average Bonchev–Trinajstić information content (AvgIpc) is 2.81. The molecule has 0 bridgehead atoms. The van der Waals surface area contributed by atoms with Crippen LogP contribution in [0.1, 0.15) is 93.9 Å². The van der Waals surface area contributed by atoms with Crippen LogP contribution < -0.4 is 0 Å². The molecular formula is C19H38. The molecule has 0 heteroatoms. The van der Waals surface area contributed by atoms with Gasteiger partial charge in [-0.2, -0.15) is 0 Å². The highest BCUT2D eigenvalue weighted by Gasteiger charge is 2.64. The van der Waals surface area contributed by atoms with Crippen LogP contribution in [0.5, 0.6) is 0 Å². The summed E-state index contributed by atoms with van der Waals surface area (Å²) >= 11 is 0. The van der Waals surface area contributed by atoms with Gasteiger partial charge in [0.1, 0.15) is 0 Å². The minimum atomic E-state index is 0.475. The zero-order valence-electron chi connectivity index (χ0n) is 14.9. The number of unbranched alkanes of at least 4 members (excludes halogenated alkanes) is 2. The maximum atomic E-state index is 2.55. The van der Waals surface area contributed by atoms with Gasteiger partial charge < -0.3 is 0 Å². The summed E-state index contributed by atoms with van der Waals surface area (Å²) in [5, 5.41) is 0. The summed E-state index contributed by atoms with van der Waals surface area (Å²) < 4.78 is 0. The van der Waals surface area contributed by atoms with E-state index in [1.54, 1.807) is 0 Å². The molecule has 0 heterocycles. The molecule has 0 amide bonds. The Kier molecular flexibility index (Phi) is 5.19. The van der Waals surface area contributed by atoms with E-state index in [9.17, 15) is 0 Å². The molecular weight excluding hydrogens is 228 g/mol. The van der Waals surface area contributed by atoms with E-state index in [0.717, 1.165) is 11.8 Å². The number of hydrogen-bond acceptors (Lipinski definition) is 0. The lowest BCUT2D eigenvalue weighted by Gasteiger charge is -2.41. The molecule has 3 unspecified atom stereocenters. The van der Waals surface area contributed by atoms with Gasteiger partial charge in [-0.3, -0.25) is 0 Å². The van der Waals surface area contributed by atoms with E-state index < -0.39 is 0 Å². The molecule has 0 nitrogen and oxygen atoms in total. The van der Waals surface area contributed by atoms with E-state index >= 15 is 0 Å². The zero-order valence-corrected chi connectivity index (χ0v) is 14.9. The van der Waals surface area contributed by atoms with Gasteiger partial charge in [0.25, 0.3) is 0 Å². The van der Waals surface area contributed by atoms with Crippen molar-refractivity contribution < 1.29 is 0 Å². The summed E-state index contributed by atoms with van der Waals surface area (Å²) in [4.78, 5) is 0. The first kappa shape index (κ1) is 17.1. The quantitative estimate of drug-likeness (QED) is 0.429. The Morgan fingerprint density at radius 3 is 2.00 bits per heavy atom. The highest BCUT2D eigenvalue weighted by molar-refractivity contribution is 5.12. The molecule has 0 spiro atoms. The summed E-state index contributed by atoms with van der Waals surface area (Å²) in [6.45, 7) is 19.7. The van der Waals surface area contributed by atoms with Crippen molar-refractivity contribution >= 4 is 0 Å². The third-order valence-electron chi connectivity index (χ3n) is 6.49. The number of rotatable bonds is 8. The van der Waals surface area contributed by atoms with Crippen LogP contribution in [0.4, 0.5) is 0 Å². The Morgan fingerprint density at radius 2 is 1.58 bits per heavy atom. The summed E-state index contributed by atoms with van der Waals surface area (Å²) in [6.07, 6.45) is 8.27. The molecule has 0 N–H and O–H groups in total. The molecule has 0 aromatic rings. The molecule has 1 aliphatic carbocycles. The predicted octanol–water partition coefficient (Wildman–Crippen LogP) is 6.69. The molecule has 1 aliphatic rings. The van der Waals surface area contributed by atoms with Crippen LogP contribution in [0.15, 0.2) is 0 Å². The average molecular weight is 267 g/mol. The molecule has 0 radical (unpaired) electrons. The van der Waals surface area contributed by atoms with E-state index in [4.69, 9.17) is 0 Å². The highest BCUT2D eigenvalue weighted by Crippen LogP contribution is 2.70. The highest BCUT2D eigenvalue weighted by atomic mass is 14.7. The first-order valence-electron chi connectivity index (χ1n) is 8.62. The molecule has 0 aromatic heterocycles. The third-order valence-corrected chi connectivity index (χ3v) is 6.49. The Bertz CT molecular complexity index is 286. The topological polar surface area (TPSA) is 0 Å². The molecule has 0 aliphatic heterocycles.